The van der Waals surface area contributed by atoms with Crippen LogP contribution < -0.4 is 24.8 Å². The average molecular weight is 929 g/mol. The van der Waals surface area contributed by atoms with Crippen molar-refractivity contribution in [2.75, 3.05) is 33.3 Å². The molecule has 3 heterocycles. The normalized spacial score (nSPS) is 22.8. The van der Waals surface area contributed by atoms with E-state index in [4.69, 9.17) is 19.2 Å². The molecule has 3 aromatic rings. The van der Waals surface area contributed by atoms with Crippen LogP contribution in [-0.4, -0.2) is 115 Å². The van der Waals surface area contributed by atoms with Crippen LogP contribution in [0.2, 0.25) is 0 Å². The van der Waals surface area contributed by atoms with Crippen LogP contribution >= 0.6 is 0 Å². The molecule has 0 spiro atoms. The van der Waals surface area contributed by atoms with Gasteiger partial charge in [0.25, 0.3) is 5.91 Å². The van der Waals surface area contributed by atoms with Crippen LogP contribution in [-0.2, 0) is 33.9 Å². The maximum absolute atomic E-state index is 15.1. The number of rotatable bonds is 15. The maximum atomic E-state index is 15.1. The summed E-state index contributed by atoms with van der Waals surface area (Å²) in [5.74, 6) is -2.27. The average Bonchev–Trinajstić information content (AvgIpc) is 4.20. The molecule has 2 aliphatic heterocycles. The molecule has 0 bridgehead atoms. The number of aromatic nitrogens is 1. The molecule has 4 fully saturated rings. The molecule has 2 saturated heterocycles. The molecule has 3 N–H and O–H groups in total. The third-order valence-electron chi connectivity index (χ3n) is 13.1. The third-order valence-corrected chi connectivity index (χ3v) is 14.9. The van der Waals surface area contributed by atoms with Crippen molar-refractivity contribution >= 4 is 50.6 Å². The van der Waals surface area contributed by atoms with Gasteiger partial charge in [-0.25, -0.2) is 18.2 Å². The lowest BCUT2D eigenvalue weighted by molar-refractivity contribution is -0.149. The van der Waals surface area contributed by atoms with Crippen molar-refractivity contribution in [1.29, 1.82) is 0 Å². The molecule has 4 aliphatic rings. The Hall–Kier alpha value is -5.71. The predicted molar refractivity (Wildman–Crippen MR) is 249 cm³/mol. The Morgan fingerprint density at radius 1 is 0.970 bits per heavy atom. The van der Waals surface area contributed by atoms with Gasteiger partial charge < -0.3 is 34.6 Å². The molecule has 2 aromatic carbocycles. The first kappa shape index (κ1) is 48.2. The zero-order valence-electron chi connectivity index (χ0n) is 39.1. The van der Waals surface area contributed by atoms with Gasteiger partial charge in [-0.3, -0.25) is 23.9 Å². The van der Waals surface area contributed by atoms with E-state index in [9.17, 15) is 27.6 Å². The number of alkyl carbamates (subject to hydrolysis) is 1. The summed E-state index contributed by atoms with van der Waals surface area (Å²) in [5.41, 5.74) is -0.822. The molecule has 5 amide bonds. The fourth-order valence-corrected chi connectivity index (χ4v) is 10.3. The summed E-state index contributed by atoms with van der Waals surface area (Å²) in [6.07, 6.45) is 2.58. The molecule has 17 heteroatoms. The minimum atomic E-state index is -3.93. The molecule has 0 radical (unpaired) electrons. The number of carbonyl (C=O) groups excluding carboxylic acids is 5. The van der Waals surface area contributed by atoms with Gasteiger partial charge in [0.1, 0.15) is 34.8 Å². The van der Waals surface area contributed by atoms with Gasteiger partial charge in [-0.15, -0.1) is 6.58 Å². The topological polar surface area (TPSA) is 203 Å². The lowest BCUT2D eigenvalue weighted by Crippen LogP contribution is -2.57. The third kappa shape index (κ3) is 11.1. The van der Waals surface area contributed by atoms with Crippen LogP contribution in [0.3, 0.4) is 0 Å². The number of likely N-dealkylation sites (tertiary alicyclic amines) is 2. The van der Waals surface area contributed by atoms with E-state index in [1.54, 1.807) is 38.8 Å². The van der Waals surface area contributed by atoms with Crippen molar-refractivity contribution in [2.45, 2.75) is 115 Å². The SMILES string of the molecule is C=C[C@@H]1C[C@]1(NC(=O)[C@@H]1C[C@@H](Oc2cc(-c3ccccc3)nc3cc(OC)ccc23)CN1C(=O)[C@@H](CC(=O)N1CCC(CNC(=O)OC(C)(C)C)CC1)C(C)(C)C)C(=O)NS(=O)(=O)C1CC1. The first-order chi connectivity index (χ1) is 31.1. The van der Waals surface area contributed by atoms with E-state index in [-0.39, 0.29) is 37.6 Å². The van der Waals surface area contributed by atoms with Crippen LogP contribution in [0.5, 0.6) is 11.5 Å². The van der Waals surface area contributed by atoms with Gasteiger partial charge in [0.05, 0.1) is 36.0 Å². The van der Waals surface area contributed by atoms with Crippen molar-refractivity contribution in [3.63, 3.8) is 0 Å². The van der Waals surface area contributed by atoms with E-state index in [2.05, 4.69) is 21.9 Å². The Morgan fingerprint density at radius 3 is 2.27 bits per heavy atom. The molecule has 5 atom stereocenters. The highest BCUT2D eigenvalue weighted by molar-refractivity contribution is 7.91. The Morgan fingerprint density at radius 2 is 1.67 bits per heavy atom. The summed E-state index contributed by atoms with van der Waals surface area (Å²) in [6.45, 7) is 16.2. The van der Waals surface area contributed by atoms with Crippen LogP contribution in [0.25, 0.3) is 22.2 Å². The number of ether oxygens (including phenoxy) is 3. The number of hydrogen-bond acceptors (Lipinski definition) is 11. The summed E-state index contributed by atoms with van der Waals surface area (Å²) in [5, 5.41) is 5.73. The van der Waals surface area contributed by atoms with Gasteiger partial charge in [-0.2, -0.15) is 0 Å². The van der Waals surface area contributed by atoms with Gasteiger partial charge in [0.2, 0.25) is 27.7 Å². The second kappa shape index (κ2) is 18.9. The fraction of sp³-hybridized carbons (Fsp3) is 0.551. The molecule has 2 aliphatic carbocycles. The first-order valence-electron chi connectivity index (χ1n) is 22.9. The molecular formula is C49H64N6O10S. The van der Waals surface area contributed by atoms with Crippen LogP contribution in [0.4, 0.5) is 4.79 Å². The van der Waals surface area contributed by atoms with E-state index in [0.717, 1.165) is 5.56 Å². The number of nitrogens with one attached hydrogen (secondary N) is 3. The van der Waals surface area contributed by atoms with Crippen molar-refractivity contribution in [1.82, 2.24) is 30.1 Å². The molecule has 356 valence electrons. The monoisotopic (exact) mass is 928 g/mol. The number of methoxy groups -OCH3 is 1. The number of carbonyl (C=O) groups is 5. The van der Waals surface area contributed by atoms with E-state index in [1.807, 2.05) is 69.3 Å². The zero-order valence-corrected chi connectivity index (χ0v) is 39.9. The maximum Gasteiger partial charge on any atom is 0.407 e. The lowest BCUT2D eigenvalue weighted by Gasteiger charge is -2.37. The van der Waals surface area contributed by atoms with Crippen molar-refractivity contribution in [3.8, 4) is 22.8 Å². The molecule has 1 aromatic heterocycles. The zero-order chi connectivity index (χ0) is 47.8. The first-order valence-corrected chi connectivity index (χ1v) is 24.4. The molecule has 16 nitrogen and oxygen atoms in total. The summed E-state index contributed by atoms with van der Waals surface area (Å²) < 4.78 is 45.7. The van der Waals surface area contributed by atoms with Crippen LogP contribution in [0.15, 0.2) is 67.3 Å². The second-order valence-electron chi connectivity index (χ2n) is 20.2. The number of fused-ring (bicyclic) bond motifs is 1. The second-order valence-corrected chi connectivity index (χ2v) is 22.2. The number of benzene rings is 2. The van der Waals surface area contributed by atoms with E-state index >= 15 is 4.79 Å². The Bertz CT molecular complexity index is 2460. The van der Waals surface area contributed by atoms with Gasteiger partial charge in [-0.05, 0) is 76.3 Å². The number of amides is 5. The van der Waals surface area contributed by atoms with Gasteiger partial charge in [0, 0.05) is 61.5 Å². The lowest BCUT2D eigenvalue weighted by atomic mass is 9.77. The largest absolute Gasteiger partial charge is 0.497 e. The summed E-state index contributed by atoms with van der Waals surface area (Å²) in [7, 11) is -2.36. The summed E-state index contributed by atoms with van der Waals surface area (Å²) in [6, 6.07) is 15.7. The van der Waals surface area contributed by atoms with Crippen LogP contribution in [0.1, 0.15) is 86.5 Å². The van der Waals surface area contributed by atoms with Crippen molar-refractivity contribution in [3.05, 3.63) is 67.3 Å². The number of pyridine rings is 1. The minimum Gasteiger partial charge on any atom is -0.497 e. The van der Waals surface area contributed by atoms with Crippen molar-refractivity contribution < 1.29 is 46.6 Å². The standard InChI is InChI=1S/C49H64N6O10S/c1-9-32-27-49(32,45(59)53-66(61,62)35-16-17-35)52-43(57)40-24-34(64-41-26-38(31-13-11-10-12-14-31)51-39-23-33(63-8)15-18-36(39)41)29-55(40)44(58)37(47(2,3)4)25-42(56)54-21-19-30(20-22-54)28-50-46(60)65-48(5,6)7/h9-15,18,23,26,30,32,34-35,37,40H,1,16-17,19-22,24-25,27-29H2,2-8H3,(H,50,60)(H,52,57)(H,53,59)/t32-,34-,37-,40+,49-/m1/s1. The molecule has 2 saturated carbocycles. The molecular weight excluding hydrogens is 865 g/mol. The molecule has 0 unspecified atom stereocenters. The molecule has 7 rings (SSSR count). The number of nitrogens with zero attached hydrogens (tertiary/aromatic N) is 3. The molecule has 66 heavy (non-hydrogen) atoms. The van der Waals surface area contributed by atoms with Crippen molar-refractivity contribution in [2.24, 2.45) is 23.2 Å². The highest BCUT2D eigenvalue weighted by atomic mass is 32.2. The summed E-state index contributed by atoms with van der Waals surface area (Å²) in [4.78, 5) is 78.0. The highest BCUT2D eigenvalue weighted by Gasteiger charge is 2.62. The summed E-state index contributed by atoms with van der Waals surface area (Å²) >= 11 is 0. The smallest absolute Gasteiger partial charge is 0.407 e. The predicted octanol–water partition coefficient (Wildman–Crippen LogP) is 5.74. The number of piperidine rings is 1. The Kier molecular flexibility index (Phi) is 13.8. The number of hydrogen-bond donors (Lipinski definition) is 3. The highest BCUT2D eigenvalue weighted by Crippen LogP contribution is 2.46. The number of sulfonamides is 1. The van der Waals surface area contributed by atoms with E-state index < -0.39 is 79.6 Å². The van der Waals surface area contributed by atoms with Gasteiger partial charge in [-0.1, -0.05) is 57.2 Å². The Labute approximate surface area is 387 Å². The Balaban J connectivity index is 1.14. The van der Waals surface area contributed by atoms with Crippen LogP contribution in [0, 0.1) is 23.2 Å². The van der Waals surface area contributed by atoms with Gasteiger partial charge >= 0.3 is 6.09 Å². The minimum absolute atomic E-state index is 0.0193. The quantitative estimate of drug-likeness (QED) is 0.157. The fourth-order valence-electron chi connectivity index (χ4n) is 8.93. The van der Waals surface area contributed by atoms with E-state index in [1.165, 1.54) is 11.0 Å². The van der Waals surface area contributed by atoms with Gasteiger partial charge in [0.15, 0.2) is 0 Å². The van der Waals surface area contributed by atoms with E-state index in [0.29, 0.717) is 73.4 Å².